The van der Waals surface area contributed by atoms with Crippen LogP contribution in [0.2, 0.25) is 0 Å². The quantitative estimate of drug-likeness (QED) is 0.568. The molecule has 0 aliphatic heterocycles. The molecule has 0 unspecified atom stereocenters. The number of aromatic nitrogens is 2. The van der Waals surface area contributed by atoms with E-state index in [-0.39, 0.29) is 11.3 Å². The maximum Gasteiger partial charge on any atom is 0.335 e. The highest BCUT2D eigenvalue weighted by Gasteiger charge is 2.10. The maximum absolute atomic E-state index is 10.8. The second-order valence-electron chi connectivity index (χ2n) is 4.82. The lowest BCUT2D eigenvalue weighted by molar-refractivity contribution is -0.384. The molecule has 0 amide bonds. The molecule has 0 bridgehead atoms. The summed E-state index contributed by atoms with van der Waals surface area (Å²) in [6.45, 7) is 0. The van der Waals surface area contributed by atoms with Crippen LogP contribution in [-0.4, -0.2) is 26.0 Å². The van der Waals surface area contributed by atoms with Crippen molar-refractivity contribution in [2.24, 2.45) is 0 Å². The summed E-state index contributed by atoms with van der Waals surface area (Å²) < 4.78 is 0. The number of carboxylic acid groups (broad SMARTS) is 1. The molecule has 0 aliphatic rings. The van der Waals surface area contributed by atoms with E-state index in [0.29, 0.717) is 23.3 Å². The van der Waals surface area contributed by atoms with Gasteiger partial charge in [0.05, 0.1) is 21.5 Å². The third-order valence-corrected chi connectivity index (χ3v) is 3.30. The van der Waals surface area contributed by atoms with Gasteiger partial charge in [-0.05, 0) is 23.8 Å². The van der Waals surface area contributed by atoms with Crippen LogP contribution in [0, 0.1) is 10.1 Å². The van der Waals surface area contributed by atoms with E-state index in [1.165, 1.54) is 24.3 Å². The van der Waals surface area contributed by atoms with Crippen LogP contribution < -0.4 is 0 Å². The Labute approximate surface area is 124 Å². The number of aromatic amines is 1. The highest BCUT2D eigenvalue weighted by Crippen LogP contribution is 2.20. The summed E-state index contributed by atoms with van der Waals surface area (Å²) in [5.74, 6) is -0.304. The molecule has 0 atom stereocenters. The number of fused-ring (bicyclic) bond motifs is 1. The smallest absolute Gasteiger partial charge is 0.335 e. The number of nitro benzene ring substituents is 1. The molecule has 0 saturated heterocycles. The van der Waals surface area contributed by atoms with Crippen molar-refractivity contribution in [2.45, 2.75) is 6.42 Å². The first-order valence-corrected chi connectivity index (χ1v) is 6.48. The van der Waals surface area contributed by atoms with Crippen LogP contribution in [0.3, 0.4) is 0 Å². The Balaban J connectivity index is 1.87. The van der Waals surface area contributed by atoms with E-state index >= 15 is 0 Å². The fourth-order valence-electron chi connectivity index (χ4n) is 2.21. The molecule has 2 N–H and O–H groups in total. The number of carbonyl (C=O) groups is 1. The van der Waals surface area contributed by atoms with Crippen molar-refractivity contribution in [2.75, 3.05) is 0 Å². The average Bonchev–Trinajstić information content (AvgIpc) is 2.88. The van der Waals surface area contributed by atoms with Gasteiger partial charge in [-0.2, -0.15) is 0 Å². The number of hydrogen-bond acceptors (Lipinski definition) is 4. The van der Waals surface area contributed by atoms with Crippen LogP contribution in [0.4, 0.5) is 5.69 Å². The second-order valence-corrected chi connectivity index (χ2v) is 4.82. The van der Waals surface area contributed by atoms with Crippen molar-refractivity contribution in [3.05, 3.63) is 69.5 Å². The lowest BCUT2D eigenvalue weighted by Crippen LogP contribution is -1.97. The number of hydrogen-bond donors (Lipinski definition) is 2. The third-order valence-electron chi connectivity index (χ3n) is 3.30. The first kappa shape index (κ1) is 13.7. The number of H-pyrrole nitrogens is 1. The molecular weight excluding hydrogens is 286 g/mol. The van der Waals surface area contributed by atoms with Crippen LogP contribution in [0.15, 0.2) is 42.5 Å². The van der Waals surface area contributed by atoms with Crippen molar-refractivity contribution in [3.8, 4) is 0 Å². The first-order valence-electron chi connectivity index (χ1n) is 6.48. The predicted molar refractivity (Wildman–Crippen MR) is 79.0 cm³/mol. The number of nitrogens with one attached hydrogen (secondary N) is 1. The lowest BCUT2D eigenvalue weighted by atomic mass is 10.1. The van der Waals surface area contributed by atoms with Crippen molar-refractivity contribution in [3.63, 3.8) is 0 Å². The van der Waals surface area contributed by atoms with E-state index < -0.39 is 10.9 Å². The largest absolute Gasteiger partial charge is 0.478 e. The van der Waals surface area contributed by atoms with Gasteiger partial charge in [0, 0.05) is 18.6 Å². The molecule has 110 valence electrons. The molecule has 3 rings (SSSR count). The maximum atomic E-state index is 10.8. The minimum absolute atomic E-state index is 0.00788. The van der Waals surface area contributed by atoms with Crippen molar-refractivity contribution in [1.82, 2.24) is 9.97 Å². The van der Waals surface area contributed by atoms with E-state index in [2.05, 4.69) is 9.97 Å². The molecule has 1 heterocycles. The highest BCUT2D eigenvalue weighted by molar-refractivity contribution is 5.87. The van der Waals surface area contributed by atoms with Crippen LogP contribution in [-0.2, 0) is 6.42 Å². The topological polar surface area (TPSA) is 109 Å². The zero-order valence-corrected chi connectivity index (χ0v) is 11.3. The number of nitrogens with zero attached hydrogens (tertiary/aromatic N) is 2. The van der Waals surface area contributed by atoms with Gasteiger partial charge in [-0.15, -0.1) is 0 Å². The van der Waals surface area contributed by atoms with Gasteiger partial charge in [-0.25, -0.2) is 9.78 Å². The fraction of sp³-hybridized carbons (Fsp3) is 0.0667. The van der Waals surface area contributed by atoms with Crippen LogP contribution in [0.5, 0.6) is 0 Å². The molecule has 0 fully saturated rings. The van der Waals surface area contributed by atoms with Crippen molar-refractivity contribution in [1.29, 1.82) is 0 Å². The van der Waals surface area contributed by atoms with E-state index in [1.54, 1.807) is 18.2 Å². The van der Waals surface area contributed by atoms with Gasteiger partial charge in [0.25, 0.3) is 5.69 Å². The van der Waals surface area contributed by atoms with E-state index in [0.717, 1.165) is 5.56 Å². The molecule has 7 nitrogen and oxygen atoms in total. The Morgan fingerprint density at radius 2 is 1.95 bits per heavy atom. The van der Waals surface area contributed by atoms with Crippen LogP contribution in [0.25, 0.3) is 11.0 Å². The molecule has 0 aliphatic carbocycles. The summed E-state index contributed by atoms with van der Waals surface area (Å²) in [6.07, 6.45) is 0.488. The summed E-state index contributed by atoms with van der Waals surface area (Å²) in [4.78, 5) is 28.5. The molecular formula is C15H11N3O4. The van der Waals surface area contributed by atoms with E-state index in [1.807, 2.05) is 0 Å². The highest BCUT2D eigenvalue weighted by atomic mass is 16.6. The van der Waals surface area contributed by atoms with E-state index in [9.17, 15) is 14.9 Å². The number of aromatic carboxylic acids is 1. The van der Waals surface area contributed by atoms with Gasteiger partial charge in [0.2, 0.25) is 0 Å². The Bertz CT molecular complexity index is 868. The lowest BCUT2D eigenvalue weighted by Gasteiger charge is -1.99. The Kier molecular flexibility index (Phi) is 3.30. The second kappa shape index (κ2) is 5.28. The zero-order valence-electron chi connectivity index (χ0n) is 11.3. The number of nitro groups is 1. The average molecular weight is 297 g/mol. The number of non-ortho nitro benzene ring substituents is 1. The summed E-state index contributed by atoms with van der Waals surface area (Å²) in [5.41, 5.74) is 2.39. The molecule has 7 heteroatoms. The number of carboxylic acids is 1. The minimum Gasteiger partial charge on any atom is -0.478 e. The van der Waals surface area contributed by atoms with Crippen LogP contribution >= 0.6 is 0 Å². The fourth-order valence-corrected chi connectivity index (χ4v) is 2.21. The number of imidazole rings is 1. The molecule has 0 radical (unpaired) electrons. The van der Waals surface area contributed by atoms with Gasteiger partial charge in [-0.1, -0.05) is 12.1 Å². The number of benzene rings is 2. The van der Waals surface area contributed by atoms with Crippen LogP contribution in [0.1, 0.15) is 21.7 Å². The molecule has 22 heavy (non-hydrogen) atoms. The van der Waals surface area contributed by atoms with Gasteiger partial charge < -0.3 is 10.1 Å². The number of rotatable bonds is 4. The zero-order chi connectivity index (χ0) is 15.7. The molecule has 0 spiro atoms. The summed E-state index contributed by atoms with van der Waals surface area (Å²) in [5, 5.41) is 19.6. The predicted octanol–water partition coefficient (Wildman–Crippen LogP) is 2.76. The molecule has 1 aromatic heterocycles. The van der Waals surface area contributed by atoms with E-state index in [4.69, 9.17) is 5.11 Å². The Morgan fingerprint density at radius 3 is 2.59 bits per heavy atom. The van der Waals surface area contributed by atoms with Crippen molar-refractivity contribution >= 4 is 22.7 Å². The van der Waals surface area contributed by atoms with Crippen molar-refractivity contribution < 1.29 is 14.8 Å². The summed E-state index contributed by atoms with van der Waals surface area (Å²) in [6, 6.07) is 11.0. The molecule has 3 aromatic rings. The Hall–Kier alpha value is -3.22. The van der Waals surface area contributed by atoms with Gasteiger partial charge in [0.15, 0.2) is 0 Å². The molecule has 0 saturated carbocycles. The normalized spacial score (nSPS) is 10.7. The third kappa shape index (κ3) is 2.64. The van der Waals surface area contributed by atoms with Gasteiger partial charge in [0.1, 0.15) is 5.82 Å². The van der Waals surface area contributed by atoms with Gasteiger partial charge >= 0.3 is 5.97 Å². The standard InChI is InChI=1S/C15H11N3O4/c19-15(20)10-3-1-9(2-4-10)7-14-16-12-6-5-11(18(21)22)8-13(12)17-14/h1-6,8H,7H2,(H,16,17)(H,19,20). The molecule has 2 aromatic carbocycles. The monoisotopic (exact) mass is 297 g/mol. The summed E-state index contributed by atoms with van der Waals surface area (Å²) >= 11 is 0. The minimum atomic E-state index is -0.970. The SMILES string of the molecule is O=C(O)c1ccc(Cc2nc3ccc([N+](=O)[O-])cc3[nH]2)cc1. The summed E-state index contributed by atoms with van der Waals surface area (Å²) in [7, 11) is 0. The van der Waals surface area contributed by atoms with Gasteiger partial charge in [-0.3, -0.25) is 10.1 Å². The Morgan fingerprint density at radius 1 is 1.23 bits per heavy atom. The first-order chi connectivity index (χ1) is 10.5.